The summed E-state index contributed by atoms with van der Waals surface area (Å²) in [6.45, 7) is 0. The van der Waals surface area contributed by atoms with Crippen molar-refractivity contribution >= 4 is 23.1 Å². The fourth-order valence-corrected chi connectivity index (χ4v) is 1.64. The number of amides is 1. The zero-order chi connectivity index (χ0) is 15.8. The maximum atomic E-state index is 12.2. The number of Topliss-reactive ketones (excluding diaryl/α,β-unsaturated/α-hetero) is 1. The lowest BCUT2D eigenvalue weighted by Crippen LogP contribution is -2.25. The van der Waals surface area contributed by atoms with Crippen LogP contribution in [0.15, 0.2) is 24.3 Å². The number of carbonyl (C=O) groups excluding carboxylic acids is 2. The molecule has 2 rings (SSSR count). The molecule has 0 heterocycles. The van der Waals surface area contributed by atoms with Gasteiger partial charge in [-0.15, -0.1) is 0 Å². The zero-order valence-electron chi connectivity index (χ0n) is 12.3. The third-order valence-corrected chi connectivity index (χ3v) is 2.57. The van der Waals surface area contributed by atoms with Gasteiger partial charge >= 0.3 is 0 Å². The summed E-state index contributed by atoms with van der Waals surface area (Å²) < 4.78 is 23.1. The van der Waals surface area contributed by atoms with Gasteiger partial charge in [0.15, 0.2) is 1.41 Å². The van der Waals surface area contributed by atoms with Crippen LogP contribution in [0, 0.1) is 16.0 Å². The SMILES string of the molecule is [2H]C1CCC([2H])(C(=O)N([2H])c2ccc([N+](=O)[O-])cc2)C1=O. The second-order valence-electron chi connectivity index (χ2n) is 3.78. The number of nitrogens with one attached hydrogen (secondary N) is 1. The normalized spacial score (nSPS) is 29.2. The molecule has 0 bridgehead atoms. The van der Waals surface area contributed by atoms with E-state index in [0.29, 0.717) is 5.31 Å². The molecule has 18 heavy (non-hydrogen) atoms. The number of carbonyl (C=O) groups is 2. The number of nitrogens with zero attached hydrogens (tertiary/aromatic N) is 1. The van der Waals surface area contributed by atoms with E-state index in [0.717, 1.165) is 12.1 Å². The fraction of sp³-hybridized carbons (Fsp3) is 0.333. The number of hydrogen-bond donors (Lipinski definition) is 1. The molecule has 6 heteroatoms. The van der Waals surface area contributed by atoms with Crippen molar-refractivity contribution in [3.8, 4) is 0 Å². The van der Waals surface area contributed by atoms with Crippen LogP contribution in [0.5, 0.6) is 0 Å². The van der Waals surface area contributed by atoms with Gasteiger partial charge in [0.2, 0.25) is 5.91 Å². The molecule has 0 radical (unpaired) electrons. The molecule has 0 aliphatic heterocycles. The first-order valence-corrected chi connectivity index (χ1v) is 5.32. The largest absolute Gasteiger partial charge is 0.325 e. The summed E-state index contributed by atoms with van der Waals surface area (Å²) in [6.07, 6.45) is -1.10. The van der Waals surface area contributed by atoms with Gasteiger partial charge in [-0.1, -0.05) is 0 Å². The van der Waals surface area contributed by atoms with E-state index >= 15 is 0 Å². The Labute approximate surface area is 107 Å². The first-order valence-electron chi connectivity index (χ1n) is 6.84. The molecule has 6 nitrogen and oxygen atoms in total. The minimum Gasteiger partial charge on any atom is -0.325 e. The summed E-state index contributed by atoms with van der Waals surface area (Å²) in [5.74, 6) is -3.97. The molecule has 0 spiro atoms. The molecule has 1 aromatic rings. The van der Waals surface area contributed by atoms with E-state index < -0.39 is 28.9 Å². The Morgan fingerprint density at radius 3 is 2.72 bits per heavy atom. The van der Waals surface area contributed by atoms with Crippen molar-refractivity contribution in [2.24, 2.45) is 5.89 Å². The second kappa shape index (κ2) is 4.95. The van der Waals surface area contributed by atoms with Crippen molar-refractivity contribution in [1.29, 1.82) is 0 Å². The van der Waals surface area contributed by atoms with E-state index in [9.17, 15) is 19.7 Å². The molecule has 1 aliphatic carbocycles. The van der Waals surface area contributed by atoms with Crippen molar-refractivity contribution in [1.82, 2.24) is 0 Å². The van der Waals surface area contributed by atoms with Gasteiger partial charge in [-0.25, -0.2) is 0 Å². The van der Waals surface area contributed by atoms with Gasteiger partial charge in [0.25, 0.3) is 5.69 Å². The molecule has 0 saturated heterocycles. The van der Waals surface area contributed by atoms with E-state index in [1.807, 2.05) is 0 Å². The van der Waals surface area contributed by atoms with Gasteiger partial charge in [-0.2, -0.15) is 0 Å². The standard InChI is InChI=1S/C12H12N2O4/c15-11-3-1-2-10(11)12(16)13-8-4-6-9(7-5-8)14(17)18/h4-7,10H,1-3H2,(H,13,16)/i3D,10D/hD. The summed E-state index contributed by atoms with van der Waals surface area (Å²) >= 11 is 0. The number of rotatable bonds is 3. The minimum atomic E-state index is -2.12. The average molecular weight is 251 g/mol. The number of nitro benzene ring substituents is 1. The summed E-state index contributed by atoms with van der Waals surface area (Å²) in [7, 11) is 0. The summed E-state index contributed by atoms with van der Waals surface area (Å²) in [6, 6.07) is 4.66. The molecule has 2 unspecified atom stereocenters. The maximum Gasteiger partial charge on any atom is 0.269 e. The molecule has 1 aromatic carbocycles. The summed E-state index contributed by atoms with van der Waals surface area (Å²) in [4.78, 5) is 33.8. The second-order valence-corrected chi connectivity index (χ2v) is 3.78. The molecule has 1 aliphatic rings. The maximum absolute atomic E-state index is 12.2. The Bertz CT molecular complexity index is 607. The fourth-order valence-electron chi connectivity index (χ4n) is 1.64. The zero-order valence-corrected chi connectivity index (χ0v) is 9.33. The van der Waals surface area contributed by atoms with Crippen LogP contribution in [-0.4, -0.2) is 16.6 Å². The van der Waals surface area contributed by atoms with Crippen molar-refractivity contribution in [3.05, 3.63) is 34.4 Å². The number of benzene rings is 1. The predicted molar refractivity (Wildman–Crippen MR) is 64.1 cm³/mol. The van der Waals surface area contributed by atoms with E-state index in [2.05, 4.69) is 0 Å². The summed E-state index contributed by atoms with van der Waals surface area (Å²) in [5.41, 5.74) is -0.165. The Hall–Kier alpha value is -2.24. The van der Waals surface area contributed by atoms with Crippen LogP contribution in [0.1, 0.15) is 22.0 Å². The number of nitro groups is 1. The Morgan fingerprint density at radius 1 is 1.56 bits per heavy atom. The predicted octanol–water partition coefficient (Wildman–Crippen LogP) is 1.90. The van der Waals surface area contributed by atoms with Crippen LogP contribution in [0.4, 0.5) is 11.4 Å². The van der Waals surface area contributed by atoms with Crippen LogP contribution in [-0.2, 0) is 9.59 Å². The molecular weight excluding hydrogens is 236 g/mol. The van der Waals surface area contributed by atoms with Crippen molar-refractivity contribution in [3.63, 3.8) is 0 Å². The van der Waals surface area contributed by atoms with Gasteiger partial charge in [0.1, 0.15) is 5.78 Å². The molecule has 1 N–H and O–H groups in total. The first-order chi connectivity index (χ1) is 9.77. The van der Waals surface area contributed by atoms with E-state index in [-0.39, 0.29) is 24.2 Å². The lowest BCUT2D eigenvalue weighted by atomic mass is 10.1. The smallest absolute Gasteiger partial charge is 0.269 e. The molecule has 94 valence electrons. The van der Waals surface area contributed by atoms with Crippen LogP contribution in [0.25, 0.3) is 0 Å². The third-order valence-electron chi connectivity index (χ3n) is 2.57. The van der Waals surface area contributed by atoms with Crippen LogP contribution >= 0.6 is 0 Å². The highest BCUT2D eigenvalue weighted by Crippen LogP contribution is 2.23. The Kier molecular flexibility index (Phi) is 2.42. The number of hydrogen-bond acceptors (Lipinski definition) is 4. The Morgan fingerprint density at radius 2 is 2.22 bits per heavy atom. The highest BCUT2D eigenvalue weighted by atomic mass is 16.6. The quantitative estimate of drug-likeness (QED) is 0.504. The van der Waals surface area contributed by atoms with Gasteiger partial charge in [-0.05, 0) is 25.0 Å². The van der Waals surface area contributed by atoms with Crippen LogP contribution < -0.4 is 5.31 Å². The van der Waals surface area contributed by atoms with Gasteiger partial charge in [-0.3, -0.25) is 19.7 Å². The van der Waals surface area contributed by atoms with Gasteiger partial charge < -0.3 is 5.31 Å². The Balaban J connectivity index is 2.23. The summed E-state index contributed by atoms with van der Waals surface area (Å²) in [5, 5.41) is 10.9. The minimum absolute atomic E-state index is 0.0263. The first kappa shape index (κ1) is 8.79. The van der Waals surface area contributed by atoms with Crippen LogP contribution in [0.3, 0.4) is 0 Å². The number of ketones is 1. The molecule has 1 saturated carbocycles. The lowest BCUT2D eigenvalue weighted by molar-refractivity contribution is -0.384. The molecule has 2 atom stereocenters. The topological polar surface area (TPSA) is 89.3 Å². The van der Waals surface area contributed by atoms with Crippen molar-refractivity contribution < 1.29 is 18.7 Å². The van der Waals surface area contributed by atoms with Crippen LogP contribution in [0.2, 0.25) is 1.41 Å². The number of anilines is 1. The molecule has 1 fully saturated rings. The number of non-ortho nitro benzene ring substituents is 1. The van der Waals surface area contributed by atoms with Gasteiger partial charge in [0, 0.05) is 27.0 Å². The molecule has 1 amide bonds. The van der Waals surface area contributed by atoms with E-state index in [4.69, 9.17) is 4.15 Å². The average Bonchev–Trinajstić information content (AvgIpc) is 2.74. The van der Waals surface area contributed by atoms with E-state index in [1.54, 1.807) is 0 Å². The van der Waals surface area contributed by atoms with Crippen molar-refractivity contribution in [2.75, 3.05) is 5.31 Å². The molecular formula is C12H12N2O4. The van der Waals surface area contributed by atoms with Crippen molar-refractivity contribution in [2.45, 2.75) is 19.2 Å². The van der Waals surface area contributed by atoms with E-state index in [1.165, 1.54) is 12.1 Å². The molecule has 0 aromatic heterocycles. The highest BCUT2D eigenvalue weighted by Gasteiger charge is 2.30. The highest BCUT2D eigenvalue weighted by molar-refractivity contribution is 6.08. The third kappa shape index (κ3) is 2.53. The van der Waals surface area contributed by atoms with Gasteiger partial charge in [0.05, 0.1) is 10.8 Å². The monoisotopic (exact) mass is 251 g/mol. The lowest BCUT2D eigenvalue weighted by Gasteiger charge is -2.09.